The van der Waals surface area contributed by atoms with Gasteiger partial charge in [-0.25, -0.2) is 4.98 Å². The Morgan fingerprint density at radius 2 is 2.00 bits per heavy atom. The molecule has 4 N–H and O–H groups in total. The molecule has 29 heavy (non-hydrogen) atoms. The Labute approximate surface area is 172 Å². The Kier molecular flexibility index (Phi) is 7.05. The topological polar surface area (TPSA) is 95.6 Å². The number of hydrogen-bond donors (Lipinski definition) is 3. The van der Waals surface area contributed by atoms with Crippen LogP contribution in [-0.2, 0) is 17.9 Å². The molecule has 2 aromatic rings. The van der Waals surface area contributed by atoms with Crippen LogP contribution in [0.2, 0.25) is 0 Å². The van der Waals surface area contributed by atoms with Crippen molar-refractivity contribution in [2.75, 3.05) is 25.0 Å². The van der Waals surface area contributed by atoms with Crippen LogP contribution in [0.3, 0.4) is 0 Å². The molecule has 0 radical (unpaired) electrons. The van der Waals surface area contributed by atoms with Gasteiger partial charge in [-0.15, -0.1) is 0 Å². The number of piperidine rings is 1. The summed E-state index contributed by atoms with van der Waals surface area (Å²) >= 11 is 0. The van der Waals surface area contributed by atoms with Crippen molar-refractivity contribution in [2.24, 2.45) is 16.6 Å². The Balaban J connectivity index is 1.61. The molecule has 7 heteroatoms. The van der Waals surface area contributed by atoms with Crippen LogP contribution in [-0.4, -0.2) is 37.0 Å². The zero-order valence-corrected chi connectivity index (χ0v) is 17.2. The van der Waals surface area contributed by atoms with Gasteiger partial charge in [0.15, 0.2) is 5.96 Å². The number of nitrogens with one attached hydrogen (secondary N) is 2. The maximum absolute atomic E-state index is 11.6. The summed E-state index contributed by atoms with van der Waals surface area (Å²) in [4.78, 5) is 22.7. The largest absolute Gasteiger partial charge is 0.369 e. The summed E-state index contributed by atoms with van der Waals surface area (Å²) in [5.41, 5.74) is 9.04. The highest BCUT2D eigenvalue weighted by atomic mass is 16.1. The summed E-state index contributed by atoms with van der Waals surface area (Å²) in [6, 6.07) is 12.4. The first kappa shape index (κ1) is 20.6. The molecule has 1 aromatic heterocycles. The Bertz CT molecular complexity index is 849. The van der Waals surface area contributed by atoms with Gasteiger partial charge in [-0.3, -0.25) is 9.79 Å². The molecule has 1 aromatic carbocycles. The van der Waals surface area contributed by atoms with Crippen molar-refractivity contribution in [3.8, 4) is 0 Å². The number of guanidine groups is 1. The van der Waals surface area contributed by atoms with Crippen molar-refractivity contribution in [3.05, 3.63) is 59.3 Å². The van der Waals surface area contributed by atoms with Crippen LogP contribution in [0.25, 0.3) is 0 Å². The van der Waals surface area contributed by atoms with Gasteiger partial charge in [0.05, 0.1) is 5.92 Å². The Morgan fingerprint density at radius 1 is 1.24 bits per heavy atom. The molecule has 0 bridgehead atoms. The summed E-state index contributed by atoms with van der Waals surface area (Å²) in [7, 11) is 1.76. The molecule has 1 aliphatic heterocycles. The summed E-state index contributed by atoms with van der Waals surface area (Å²) in [6.45, 7) is 4.88. The predicted octanol–water partition coefficient (Wildman–Crippen LogP) is 1.96. The second-order valence-electron chi connectivity index (χ2n) is 7.44. The van der Waals surface area contributed by atoms with Gasteiger partial charge in [-0.1, -0.05) is 35.9 Å². The molecule has 3 rings (SSSR count). The van der Waals surface area contributed by atoms with Crippen LogP contribution in [0.4, 0.5) is 5.82 Å². The number of carbonyl (C=O) groups excluding carboxylic acids is 1. The van der Waals surface area contributed by atoms with E-state index in [0.717, 1.165) is 36.7 Å². The third-order valence-electron chi connectivity index (χ3n) is 5.24. The van der Waals surface area contributed by atoms with Gasteiger partial charge < -0.3 is 21.3 Å². The van der Waals surface area contributed by atoms with E-state index in [0.29, 0.717) is 19.6 Å². The number of aryl methyl sites for hydroxylation is 1. The van der Waals surface area contributed by atoms with Gasteiger partial charge in [0.1, 0.15) is 5.82 Å². The van der Waals surface area contributed by atoms with Crippen LogP contribution in [0.5, 0.6) is 0 Å². The normalized spacial score (nSPS) is 17.1. The number of amides is 1. The van der Waals surface area contributed by atoms with Crippen molar-refractivity contribution >= 4 is 17.7 Å². The van der Waals surface area contributed by atoms with Crippen LogP contribution in [0.1, 0.15) is 29.5 Å². The highest BCUT2D eigenvalue weighted by Crippen LogP contribution is 2.24. The number of aliphatic imine (C=N–C) groups is 1. The molecule has 0 aliphatic carbocycles. The number of nitrogens with zero attached hydrogens (tertiary/aromatic N) is 3. The summed E-state index contributed by atoms with van der Waals surface area (Å²) in [5, 5.41) is 6.70. The monoisotopic (exact) mass is 394 g/mol. The fourth-order valence-electron chi connectivity index (χ4n) is 3.55. The molecule has 1 fully saturated rings. The lowest BCUT2D eigenvalue weighted by molar-refractivity contribution is -0.122. The van der Waals surface area contributed by atoms with Gasteiger partial charge >= 0.3 is 0 Å². The maximum Gasteiger partial charge on any atom is 0.222 e. The first-order valence-corrected chi connectivity index (χ1v) is 10.0. The molecular formula is C22H30N6O. The van der Waals surface area contributed by atoms with Crippen molar-refractivity contribution < 1.29 is 4.79 Å². The fourth-order valence-corrected chi connectivity index (χ4v) is 3.55. The lowest BCUT2D eigenvalue weighted by atomic mass is 9.97. The SMILES string of the molecule is CN=C(NCc1ccc(C)cc1)NCc1cccnc1N1CCCC(C(N)=O)C1. The fraction of sp³-hybridized carbons (Fsp3) is 0.409. The standard InChI is InChI=1S/C22H30N6O/c1-16-7-9-17(10-8-16)13-26-22(24-2)27-14-18-5-3-11-25-21(18)28-12-4-6-19(15-28)20(23)29/h3,5,7-11,19H,4,6,12-15H2,1-2H3,(H2,23,29)(H2,24,26,27). The molecule has 7 nitrogen and oxygen atoms in total. The molecule has 1 saturated heterocycles. The lowest BCUT2D eigenvalue weighted by Gasteiger charge is -2.33. The first-order valence-electron chi connectivity index (χ1n) is 10.0. The van der Waals surface area contributed by atoms with Crippen LogP contribution < -0.4 is 21.3 Å². The van der Waals surface area contributed by atoms with Crippen molar-refractivity contribution in [1.82, 2.24) is 15.6 Å². The second kappa shape index (κ2) is 9.91. The summed E-state index contributed by atoms with van der Waals surface area (Å²) in [5.74, 6) is 1.29. The van der Waals surface area contributed by atoms with E-state index >= 15 is 0 Å². The predicted molar refractivity (Wildman–Crippen MR) is 117 cm³/mol. The minimum Gasteiger partial charge on any atom is -0.369 e. The average Bonchev–Trinajstić information content (AvgIpc) is 2.75. The summed E-state index contributed by atoms with van der Waals surface area (Å²) in [6.07, 6.45) is 3.58. The molecule has 1 unspecified atom stereocenters. The van der Waals surface area contributed by atoms with Gasteiger partial charge in [0.25, 0.3) is 0 Å². The highest BCUT2D eigenvalue weighted by Gasteiger charge is 2.25. The van der Waals surface area contributed by atoms with E-state index in [9.17, 15) is 4.79 Å². The van der Waals surface area contributed by atoms with Crippen molar-refractivity contribution in [3.63, 3.8) is 0 Å². The smallest absolute Gasteiger partial charge is 0.222 e. The van der Waals surface area contributed by atoms with Crippen LogP contribution >= 0.6 is 0 Å². The second-order valence-corrected chi connectivity index (χ2v) is 7.44. The number of nitrogens with two attached hydrogens (primary N) is 1. The zero-order chi connectivity index (χ0) is 20.6. The van der Waals surface area contributed by atoms with E-state index in [1.165, 1.54) is 11.1 Å². The van der Waals surface area contributed by atoms with E-state index in [2.05, 4.69) is 62.8 Å². The molecule has 2 heterocycles. The first-order chi connectivity index (χ1) is 14.1. The number of primary amides is 1. The molecule has 1 atom stereocenters. The highest BCUT2D eigenvalue weighted by molar-refractivity contribution is 5.80. The maximum atomic E-state index is 11.6. The Morgan fingerprint density at radius 3 is 2.72 bits per heavy atom. The van der Waals surface area contributed by atoms with Crippen LogP contribution in [0.15, 0.2) is 47.6 Å². The zero-order valence-electron chi connectivity index (χ0n) is 17.2. The molecule has 1 amide bonds. The molecule has 154 valence electrons. The lowest BCUT2D eigenvalue weighted by Crippen LogP contribution is -2.42. The number of rotatable bonds is 6. The quantitative estimate of drug-likeness (QED) is 0.514. The van der Waals surface area contributed by atoms with E-state index in [4.69, 9.17) is 5.73 Å². The third-order valence-corrected chi connectivity index (χ3v) is 5.24. The van der Waals surface area contributed by atoms with E-state index in [-0.39, 0.29) is 11.8 Å². The molecule has 0 spiro atoms. The van der Waals surface area contributed by atoms with E-state index in [1.54, 1.807) is 13.2 Å². The number of pyridine rings is 1. The number of hydrogen-bond acceptors (Lipinski definition) is 4. The van der Waals surface area contributed by atoms with Crippen molar-refractivity contribution in [1.29, 1.82) is 0 Å². The van der Waals surface area contributed by atoms with Crippen LogP contribution in [0, 0.1) is 12.8 Å². The molecular weight excluding hydrogens is 364 g/mol. The Hall–Kier alpha value is -3.09. The molecule has 1 aliphatic rings. The van der Waals surface area contributed by atoms with E-state index in [1.807, 2.05) is 6.07 Å². The number of carbonyl (C=O) groups is 1. The van der Waals surface area contributed by atoms with Gasteiger partial charge in [-0.05, 0) is 31.4 Å². The third kappa shape index (κ3) is 5.70. The number of anilines is 1. The number of aromatic nitrogens is 1. The number of benzene rings is 1. The van der Waals surface area contributed by atoms with Gasteiger partial charge in [0.2, 0.25) is 5.91 Å². The summed E-state index contributed by atoms with van der Waals surface area (Å²) < 4.78 is 0. The van der Waals surface area contributed by atoms with Crippen molar-refractivity contribution in [2.45, 2.75) is 32.9 Å². The van der Waals surface area contributed by atoms with Gasteiger partial charge in [-0.2, -0.15) is 0 Å². The van der Waals surface area contributed by atoms with E-state index < -0.39 is 0 Å². The molecule has 0 saturated carbocycles. The minimum absolute atomic E-state index is 0.115. The average molecular weight is 395 g/mol. The minimum atomic E-state index is -0.231. The van der Waals surface area contributed by atoms with Gasteiger partial charge in [0, 0.05) is 45.0 Å².